The van der Waals surface area contributed by atoms with E-state index in [2.05, 4.69) is 29.2 Å². The predicted octanol–water partition coefficient (Wildman–Crippen LogP) is 2.22. The van der Waals surface area contributed by atoms with Crippen molar-refractivity contribution in [1.29, 1.82) is 0 Å². The smallest absolute Gasteiger partial charge is 0.166 e. The summed E-state index contributed by atoms with van der Waals surface area (Å²) < 4.78 is 5.85. The van der Waals surface area contributed by atoms with Crippen LogP contribution >= 0.6 is 0 Å². The standard InChI is InChI=1S/C17H21NO2/c19-17(15-9-14(15)12-5-2-1-3-6-12)16-10-18-8-4-7-13(18)11-20-16/h1-3,5-6,13-16H,4,7-11H2. The molecule has 4 unspecified atom stereocenters. The number of ether oxygens (including phenoxy) is 1. The van der Waals surface area contributed by atoms with E-state index in [4.69, 9.17) is 4.74 Å². The van der Waals surface area contributed by atoms with Gasteiger partial charge in [0, 0.05) is 18.5 Å². The molecule has 2 heterocycles. The van der Waals surface area contributed by atoms with Crippen LogP contribution in [-0.4, -0.2) is 42.5 Å². The number of carbonyl (C=O) groups is 1. The molecule has 4 atom stereocenters. The molecule has 3 heteroatoms. The number of fused-ring (bicyclic) bond motifs is 1. The van der Waals surface area contributed by atoms with Crippen LogP contribution in [0.15, 0.2) is 30.3 Å². The van der Waals surface area contributed by atoms with Gasteiger partial charge in [0.25, 0.3) is 0 Å². The van der Waals surface area contributed by atoms with Crippen LogP contribution in [0.25, 0.3) is 0 Å². The third-order valence-corrected chi connectivity index (χ3v) is 5.09. The molecule has 1 aromatic carbocycles. The zero-order valence-electron chi connectivity index (χ0n) is 11.7. The van der Waals surface area contributed by atoms with Crippen molar-refractivity contribution in [1.82, 2.24) is 4.90 Å². The first-order valence-electron chi connectivity index (χ1n) is 7.77. The summed E-state index contributed by atoms with van der Waals surface area (Å²) >= 11 is 0. The van der Waals surface area contributed by atoms with Gasteiger partial charge in [-0.05, 0) is 37.3 Å². The van der Waals surface area contributed by atoms with Gasteiger partial charge in [0.05, 0.1) is 6.61 Å². The largest absolute Gasteiger partial charge is 0.367 e. The van der Waals surface area contributed by atoms with Crippen LogP contribution in [-0.2, 0) is 9.53 Å². The monoisotopic (exact) mass is 271 g/mol. The van der Waals surface area contributed by atoms with Crippen molar-refractivity contribution in [3.8, 4) is 0 Å². The lowest BCUT2D eigenvalue weighted by atomic mass is 10.0. The summed E-state index contributed by atoms with van der Waals surface area (Å²) in [5.41, 5.74) is 1.31. The molecule has 0 bridgehead atoms. The van der Waals surface area contributed by atoms with Gasteiger partial charge in [-0.1, -0.05) is 30.3 Å². The second kappa shape index (κ2) is 4.97. The molecular weight excluding hydrogens is 250 g/mol. The lowest BCUT2D eigenvalue weighted by Gasteiger charge is -2.34. The molecule has 0 spiro atoms. The molecule has 1 aromatic rings. The quantitative estimate of drug-likeness (QED) is 0.844. The highest BCUT2D eigenvalue weighted by Gasteiger charge is 2.48. The highest BCUT2D eigenvalue weighted by Crippen LogP contribution is 2.48. The Balaban J connectivity index is 1.40. The van der Waals surface area contributed by atoms with Gasteiger partial charge in [-0.3, -0.25) is 9.69 Å². The molecular formula is C17H21NO2. The number of Topliss-reactive ketones (excluding diaryl/α,β-unsaturated/α-hetero) is 1. The van der Waals surface area contributed by atoms with Crippen LogP contribution in [0, 0.1) is 5.92 Å². The maximum Gasteiger partial charge on any atom is 0.166 e. The van der Waals surface area contributed by atoms with Gasteiger partial charge in [-0.2, -0.15) is 0 Å². The Hall–Kier alpha value is -1.19. The fraction of sp³-hybridized carbons (Fsp3) is 0.588. The van der Waals surface area contributed by atoms with E-state index in [9.17, 15) is 4.79 Å². The van der Waals surface area contributed by atoms with Crippen LogP contribution in [0.5, 0.6) is 0 Å². The van der Waals surface area contributed by atoms with Gasteiger partial charge in [0.1, 0.15) is 6.10 Å². The molecule has 2 aliphatic heterocycles. The lowest BCUT2D eigenvalue weighted by molar-refractivity contribution is -0.139. The Morgan fingerprint density at radius 1 is 1.25 bits per heavy atom. The summed E-state index contributed by atoms with van der Waals surface area (Å²) in [6, 6.07) is 11.0. The first-order chi connectivity index (χ1) is 9.83. The zero-order valence-corrected chi connectivity index (χ0v) is 11.7. The summed E-state index contributed by atoms with van der Waals surface area (Å²) in [6.45, 7) is 2.71. The summed E-state index contributed by atoms with van der Waals surface area (Å²) in [4.78, 5) is 15.0. The molecule has 0 radical (unpaired) electrons. The summed E-state index contributed by atoms with van der Waals surface area (Å²) in [5, 5.41) is 0. The summed E-state index contributed by atoms with van der Waals surface area (Å²) in [6.07, 6.45) is 3.32. The maximum atomic E-state index is 12.6. The van der Waals surface area contributed by atoms with Crippen LogP contribution in [0.1, 0.15) is 30.7 Å². The van der Waals surface area contributed by atoms with E-state index in [0.29, 0.717) is 17.7 Å². The van der Waals surface area contributed by atoms with Crippen LogP contribution < -0.4 is 0 Å². The Morgan fingerprint density at radius 2 is 2.10 bits per heavy atom. The van der Waals surface area contributed by atoms with E-state index >= 15 is 0 Å². The fourth-order valence-corrected chi connectivity index (χ4v) is 3.81. The average molecular weight is 271 g/mol. The summed E-state index contributed by atoms with van der Waals surface area (Å²) in [7, 11) is 0. The highest BCUT2D eigenvalue weighted by atomic mass is 16.5. The minimum Gasteiger partial charge on any atom is -0.367 e. The van der Waals surface area contributed by atoms with Gasteiger partial charge in [-0.15, -0.1) is 0 Å². The minimum absolute atomic E-state index is 0.178. The minimum atomic E-state index is -0.178. The average Bonchev–Trinajstić information content (AvgIpc) is 3.17. The van der Waals surface area contributed by atoms with Crippen molar-refractivity contribution in [2.45, 2.75) is 37.3 Å². The molecule has 20 heavy (non-hydrogen) atoms. The van der Waals surface area contributed by atoms with Crippen molar-refractivity contribution in [3.05, 3.63) is 35.9 Å². The summed E-state index contributed by atoms with van der Waals surface area (Å²) in [5.74, 6) is 0.967. The third-order valence-electron chi connectivity index (χ3n) is 5.09. The molecule has 2 saturated heterocycles. The zero-order chi connectivity index (χ0) is 13.5. The van der Waals surface area contributed by atoms with Crippen LogP contribution in [0.4, 0.5) is 0 Å². The van der Waals surface area contributed by atoms with E-state index in [1.165, 1.54) is 18.4 Å². The van der Waals surface area contributed by atoms with Crippen LogP contribution in [0.3, 0.4) is 0 Å². The number of nitrogens with zero attached hydrogens (tertiary/aromatic N) is 1. The highest BCUT2D eigenvalue weighted by molar-refractivity contribution is 5.89. The number of morpholine rings is 1. The second-order valence-corrected chi connectivity index (χ2v) is 6.37. The van der Waals surface area contributed by atoms with Crippen molar-refractivity contribution in [3.63, 3.8) is 0 Å². The van der Waals surface area contributed by atoms with Crippen molar-refractivity contribution < 1.29 is 9.53 Å². The van der Waals surface area contributed by atoms with E-state index < -0.39 is 0 Å². The Bertz CT molecular complexity index is 501. The SMILES string of the molecule is O=C(C1CN2CCCC2CO1)C1CC1c1ccccc1. The molecule has 3 aliphatic rings. The number of hydrogen-bond donors (Lipinski definition) is 0. The molecule has 4 rings (SSSR count). The fourth-order valence-electron chi connectivity index (χ4n) is 3.81. The maximum absolute atomic E-state index is 12.6. The van der Waals surface area contributed by atoms with Crippen LogP contribution in [0.2, 0.25) is 0 Å². The first-order valence-corrected chi connectivity index (χ1v) is 7.77. The second-order valence-electron chi connectivity index (χ2n) is 6.37. The van der Waals surface area contributed by atoms with E-state index in [1.54, 1.807) is 0 Å². The van der Waals surface area contributed by atoms with Gasteiger partial charge >= 0.3 is 0 Å². The number of benzene rings is 1. The van der Waals surface area contributed by atoms with Gasteiger partial charge in [0.15, 0.2) is 5.78 Å². The van der Waals surface area contributed by atoms with Gasteiger partial charge < -0.3 is 4.74 Å². The van der Waals surface area contributed by atoms with Gasteiger partial charge in [0.2, 0.25) is 0 Å². The van der Waals surface area contributed by atoms with Crippen molar-refractivity contribution in [2.75, 3.05) is 19.7 Å². The normalized spacial score (nSPS) is 36.6. The number of rotatable bonds is 3. The molecule has 3 nitrogen and oxygen atoms in total. The third kappa shape index (κ3) is 2.19. The Morgan fingerprint density at radius 3 is 2.95 bits per heavy atom. The molecule has 1 aliphatic carbocycles. The number of ketones is 1. The number of carbonyl (C=O) groups excluding carboxylic acids is 1. The Labute approximate surface area is 119 Å². The molecule has 1 saturated carbocycles. The van der Waals surface area contributed by atoms with Gasteiger partial charge in [-0.25, -0.2) is 0 Å². The molecule has 0 N–H and O–H groups in total. The van der Waals surface area contributed by atoms with E-state index in [0.717, 1.165) is 26.1 Å². The predicted molar refractivity (Wildman–Crippen MR) is 76.6 cm³/mol. The topological polar surface area (TPSA) is 29.5 Å². The molecule has 106 valence electrons. The molecule has 0 aromatic heterocycles. The van der Waals surface area contributed by atoms with E-state index in [-0.39, 0.29) is 12.0 Å². The van der Waals surface area contributed by atoms with Crippen molar-refractivity contribution in [2.24, 2.45) is 5.92 Å². The number of hydrogen-bond acceptors (Lipinski definition) is 3. The first kappa shape index (κ1) is 12.5. The van der Waals surface area contributed by atoms with Crippen molar-refractivity contribution >= 4 is 5.78 Å². The molecule has 0 amide bonds. The molecule has 3 fully saturated rings. The lowest BCUT2D eigenvalue weighted by Crippen LogP contribution is -2.49. The van der Waals surface area contributed by atoms with E-state index in [1.807, 2.05) is 6.07 Å². The Kier molecular flexibility index (Phi) is 3.12.